The van der Waals surface area contributed by atoms with Crippen molar-refractivity contribution >= 4 is 11.7 Å². The fourth-order valence-corrected chi connectivity index (χ4v) is 1.45. The Labute approximate surface area is 113 Å². The summed E-state index contributed by atoms with van der Waals surface area (Å²) < 4.78 is 4.90. The molecule has 1 aromatic heterocycles. The number of carbonyl (C=O) groups is 1. The molecule has 0 radical (unpaired) electrons. The molecule has 2 N–H and O–H groups in total. The van der Waals surface area contributed by atoms with Crippen LogP contribution in [0.1, 0.15) is 36.7 Å². The van der Waals surface area contributed by atoms with Crippen LogP contribution < -0.4 is 10.6 Å². The Bertz CT molecular complexity index is 367. The van der Waals surface area contributed by atoms with E-state index in [0.717, 1.165) is 25.8 Å². The molecule has 19 heavy (non-hydrogen) atoms. The van der Waals surface area contributed by atoms with Gasteiger partial charge in [0, 0.05) is 26.8 Å². The average molecular weight is 266 g/mol. The molecule has 0 unspecified atom stereocenters. The minimum absolute atomic E-state index is 0.205. The molecule has 0 fully saturated rings. The van der Waals surface area contributed by atoms with E-state index in [0.29, 0.717) is 24.7 Å². The normalized spacial score (nSPS) is 10.2. The van der Waals surface area contributed by atoms with E-state index in [9.17, 15) is 4.79 Å². The Morgan fingerprint density at radius 1 is 1.26 bits per heavy atom. The number of methoxy groups -OCH3 is 1. The van der Waals surface area contributed by atoms with Crippen LogP contribution in [0.5, 0.6) is 0 Å². The Balaban J connectivity index is 2.35. The third kappa shape index (κ3) is 6.15. The van der Waals surface area contributed by atoms with Crippen molar-refractivity contribution in [3.05, 3.63) is 17.8 Å². The highest BCUT2D eigenvalue weighted by molar-refractivity contribution is 5.92. The second kappa shape index (κ2) is 9.27. The van der Waals surface area contributed by atoms with Crippen molar-refractivity contribution in [2.75, 3.05) is 32.1 Å². The van der Waals surface area contributed by atoms with Gasteiger partial charge in [-0.3, -0.25) is 4.79 Å². The number of hydrogen-bond donors (Lipinski definition) is 2. The fraction of sp³-hybridized carbons (Fsp3) is 0.615. The summed E-state index contributed by atoms with van der Waals surface area (Å²) in [5.41, 5.74) is 0.332. The maximum atomic E-state index is 11.7. The molecule has 6 heteroatoms. The van der Waals surface area contributed by atoms with Gasteiger partial charge in [-0.2, -0.15) is 0 Å². The molecular formula is C13H22N4O2. The summed E-state index contributed by atoms with van der Waals surface area (Å²) in [6.45, 7) is 4.20. The first-order valence-electron chi connectivity index (χ1n) is 6.62. The molecule has 0 saturated heterocycles. The van der Waals surface area contributed by atoms with E-state index < -0.39 is 0 Å². The lowest BCUT2D eigenvalue weighted by Crippen LogP contribution is -2.26. The Morgan fingerprint density at radius 3 is 2.74 bits per heavy atom. The van der Waals surface area contributed by atoms with Crippen LogP contribution >= 0.6 is 0 Å². The van der Waals surface area contributed by atoms with E-state index in [1.54, 1.807) is 19.2 Å². The van der Waals surface area contributed by atoms with Gasteiger partial charge in [-0.05, 0) is 25.0 Å². The number of nitrogens with zero attached hydrogens (tertiary/aromatic N) is 2. The van der Waals surface area contributed by atoms with Gasteiger partial charge in [0.2, 0.25) is 0 Å². The second-order valence-electron chi connectivity index (χ2n) is 4.19. The summed E-state index contributed by atoms with van der Waals surface area (Å²) in [7, 11) is 1.64. The zero-order valence-corrected chi connectivity index (χ0v) is 11.6. The average Bonchev–Trinajstić information content (AvgIpc) is 2.44. The number of aromatic nitrogens is 2. The number of amides is 1. The zero-order chi connectivity index (χ0) is 13.9. The monoisotopic (exact) mass is 266 g/mol. The number of unbranched alkanes of at least 4 members (excludes halogenated alkanes) is 1. The lowest BCUT2D eigenvalue weighted by molar-refractivity contribution is 0.0942. The van der Waals surface area contributed by atoms with Crippen LogP contribution in [-0.2, 0) is 4.74 Å². The van der Waals surface area contributed by atoms with Gasteiger partial charge in [-0.15, -0.1) is 10.2 Å². The minimum Gasteiger partial charge on any atom is -0.385 e. The molecule has 0 aromatic carbocycles. The van der Waals surface area contributed by atoms with Crippen molar-refractivity contribution in [1.82, 2.24) is 15.5 Å². The van der Waals surface area contributed by atoms with Gasteiger partial charge in [0.1, 0.15) is 5.82 Å². The summed E-state index contributed by atoms with van der Waals surface area (Å²) in [5, 5.41) is 13.8. The zero-order valence-electron chi connectivity index (χ0n) is 11.6. The molecular weight excluding hydrogens is 244 g/mol. The Hall–Kier alpha value is -1.69. The van der Waals surface area contributed by atoms with E-state index in [1.807, 2.05) is 0 Å². The molecule has 1 rings (SSSR count). The molecule has 0 spiro atoms. The number of hydrogen-bond acceptors (Lipinski definition) is 5. The second-order valence-corrected chi connectivity index (χ2v) is 4.19. The molecule has 0 atom stereocenters. The molecule has 106 valence electrons. The molecule has 0 aliphatic rings. The smallest absolute Gasteiger partial charge is 0.271 e. The van der Waals surface area contributed by atoms with E-state index >= 15 is 0 Å². The first-order valence-corrected chi connectivity index (χ1v) is 6.62. The largest absolute Gasteiger partial charge is 0.385 e. The van der Waals surface area contributed by atoms with Crippen molar-refractivity contribution in [1.29, 1.82) is 0 Å². The fourth-order valence-electron chi connectivity index (χ4n) is 1.45. The van der Waals surface area contributed by atoms with E-state index in [4.69, 9.17) is 4.74 Å². The lowest BCUT2D eigenvalue weighted by atomic mass is 10.3. The van der Waals surface area contributed by atoms with Gasteiger partial charge >= 0.3 is 0 Å². The van der Waals surface area contributed by atoms with E-state index in [-0.39, 0.29) is 5.91 Å². The van der Waals surface area contributed by atoms with Gasteiger partial charge in [0.05, 0.1) is 0 Å². The van der Waals surface area contributed by atoms with E-state index in [1.165, 1.54) is 0 Å². The molecule has 0 aliphatic heterocycles. The number of ether oxygens (including phenoxy) is 1. The van der Waals surface area contributed by atoms with Crippen LogP contribution in [-0.4, -0.2) is 42.9 Å². The van der Waals surface area contributed by atoms with Crippen LogP contribution in [0, 0.1) is 0 Å². The van der Waals surface area contributed by atoms with Crippen LogP contribution in [0.3, 0.4) is 0 Å². The topological polar surface area (TPSA) is 76.1 Å². The summed E-state index contributed by atoms with van der Waals surface area (Å²) in [6.07, 6.45) is 3.00. The van der Waals surface area contributed by atoms with Crippen molar-refractivity contribution in [3.8, 4) is 0 Å². The highest BCUT2D eigenvalue weighted by Gasteiger charge is 2.07. The molecule has 6 nitrogen and oxygen atoms in total. The highest BCUT2D eigenvalue weighted by Crippen LogP contribution is 2.02. The van der Waals surface area contributed by atoms with Gasteiger partial charge in [-0.25, -0.2) is 0 Å². The number of carbonyl (C=O) groups excluding carboxylic acids is 1. The maximum absolute atomic E-state index is 11.7. The molecule has 1 amide bonds. The summed E-state index contributed by atoms with van der Waals surface area (Å²) in [4.78, 5) is 11.7. The van der Waals surface area contributed by atoms with Crippen LogP contribution in [0.25, 0.3) is 0 Å². The molecule has 1 heterocycles. The molecule has 0 aliphatic carbocycles. The summed E-state index contributed by atoms with van der Waals surface area (Å²) in [6, 6.07) is 3.44. The van der Waals surface area contributed by atoms with Gasteiger partial charge in [0.25, 0.3) is 5.91 Å². The predicted molar refractivity (Wildman–Crippen MR) is 74.3 cm³/mol. The predicted octanol–water partition coefficient (Wildman–Crippen LogP) is 1.45. The van der Waals surface area contributed by atoms with Crippen molar-refractivity contribution < 1.29 is 9.53 Å². The van der Waals surface area contributed by atoms with Crippen molar-refractivity contribution in [3.63, 3.8) is 0 Å². The lowest BCUT2D eigenvalue weighted by Gasteiger charge is -2.05. The van der Waals surface area contributed by atoms with Gasteiger partial charge < -0.3 is 15.4 Å². The molecule has 0 bridgehead atoms. The summed E-state index contributed by atoms with van der Waals surface area (Å²) >= 11 is 0. The molecule has 0 saturated carbocycles. The third-order valence-electron chi connectivity index (χ3n) is 2.54. The Kier molecular flexibility index (Phi) is 7.50. The highest BCUT2D eigenvalue weighted by atomic mass is 16.5. The standard InChI is InChI=1S/C13H22N4O2/c1-3-4-8-14-12-7-6-11(16-17-12)13(18)15-9-5-10-19-2/h6-7H,3-5,8-10H2,1-2H3,(H,14,17)(H,15,18). The Morgan fingerprint density at radius 2 is 2.11 bits per heavy atom. The first-order chi connectivity index (χ1) is 9.27. The maximum Gasteiger partial charge on any atom is 0.271 e. The van der Waals surface area contributed by atoms with Crippen LogP contribution in [0.15, 0.2) is 12.1 Å². The van der Waals surface area contributed by atoms with Crippen LogP contribution in [0.2, 0.25) is 0 Å². The first kappa shape index (κ1) is 15.4. The summed E-state index contributed by atoms with van der Waals surface area (Å²) in [5.74, 6) is 0.494. The quantitative estimate of drug-likeness (QED) is 0.662. The van der Waals surface area contributed by atoms with Gasteiger partial charge in [0.15, 0.2) is 5.69 Å². The SMILES string of the molecule is CCCCNc1ccc(C(=O)NCCCOC)nn1. The van der Waals surface area contributed by atoms with Crippen molar-refractivity contribution in [2.24, 2.45) is 0 Å². The van der Waals surface area contributed by atoms with E-state index in [2.05, 4.69) is 27.8 Å². The van der Waals surface area contributed by atoms with Crippen LogP contribution in [0.4, 0.5) is 5.82 Å². The number of anilines is 1. The van der Waals surface area contributed by atoms with Gasteiger partial charge in [-0.1, -0.05) is 13.3 Å². The third-order valence-corrected chi connectivity index (χ3v) is 2.54. The number of nitrogens with one attached hydrogen (secondary N) is 2. The molecule has 1 aromatic rings. The number of rotatable bonds is 9. The van der Waals surface area contributed by atoms with Crippen molar-refractivity contribution in [2.45, 2.75) is 26.2 Å². The minimum atomic E-state index is -0.205.